The predicted octanol–water partition coefficient (Wildman–Crippen LogP) is 2.55. The number of rotatable bonds is 4. The Bertz CT molecular complexity index is 482. The summed E-state index contributed by atoms with van der Waals surface area (Å²) in [6, 6.07) is 8.41. The molecule has 90 valence electrons. The number of hydrogen-bond donors (Lipinski definition) is 1. The normalized spacial score (nSPS) is 10.5. The maximum Gasteiger partial charge on any atom is 0.130 e. The zero-order chi connectivity index (χ0) is 12.3. The molecular weight excluding hydrogens is 221 g/mol. The number of hydrogen-bond acceptors (Lipinski definition) is 3. The van der Waals surface area contributed by atoms with E-state index in [1.165, 1.54) is 6.07 Å². The number of benzene rings is 1. The van der Waals surface area contributed by atoms with Gasteiger partial charge in [0.05, 0.1) is 19.4 Å². The summed E-state index contributed by atoms with van der Waals surface area (Å²) in [4.78, 5) is 1.84. The molecule has 0 amide bonds. The number of aliphatic hydroxyl groups is 1. The maximum atomic E-state index is 13.5. The zero-order valence-electron chi connectivity index (χ0n) is 9.56. The van der Waals surface area contributed by atoms with Gasteiger partial charge < -0.3 is 14.4 Å². The average Bonchev–Trinajstić information content (AvgIpc) is 2.81. The second-order valence-corrected chi connectivity index (χ2v) is 3.83. The molecule has 0 aliphatic carbocycles. The highest BCUT2D eigenvalue weighted by molar-refractivity contribution is 5.53. The number of nitrogens with zero attached hydrogens (tertiary/aromatic N) is 1. The van der Waals surface area contributed by atoms with Gasteiger partial charge in [-0.3, -0.25) is 0 Å². The first-order valence-electron chi connectivity index (χ1n) is 5.34. The maximum absolute atomic E-state index is 13.5. The van der Waals surface area contributed by atoms with Crippen molar-refractivity contribution in [3.05, 3.63) is 53.7 Å². The Morgan fingerprint density at radius 1 is 1.29 bits per heavy atom. The van der Waals surface area contributed by atoms with Crippen molar-refractivity contribution in [3.8, 4) is 0 Å². The van der Waals surface area contributed by atoms with Crippen LogP contribution >= 0.6 is 0 Å². The minimum atomic E-state index is -0.392. The lowest BCUT2D eigenvalue weighted by Gasteiger charge is -2.21. The molecule has 0 saturated carbocycles. The summed E-state index contributed by atoms with van der Waals surface area (Å²) in [6.07, 6.45) is 1.60. The average molecular weight is 235 g/mol. The van der Waals surface area contributed by atoms with Crippen molar-refractivity contribution in [3.63, 3.8) is 0 Å². The van der Waals surface area contributed by atoms with Gasteiger partial charge in [0.1, 0.15) is 11.6 Å². The van der Waals surface area contributed by atoms with Crippen molar-refractivity contribution in [2.24, 2.45) is 0 Å². The molecule has 2 aromatic rings. The SMILES string of the molecule is CN(Cc1ccco1)c1cccc(F)c1CO. The Balaban J connectivity index is 2.24. The van der Waals surface area contributed by atoms with E-state index in [4.69, 9.17) is 4.42 Å². The van der Waals surface area contributed by atoms with E-state index >= 15 is 0 Å². The van der Waals surface area contributed by atoms with Crippen LogP contribution in [0.2, 0.25) is 0 Å². The third-order valence-corrected chi connectivity index (χ3v) is 2.64. The second kappa shape index (κ2) is 5.01. The third-order valence-electron chi connectivity index (χ3n) is 2.64. The van der Waals surface area contributed by atoms with Gasteiger partial charge in [-0.1, -0.05) is 6.07 Å². The van der Waals surface area contributed by atoms with E-state index in [9.17, 15) is 9.50 Å². The summed E-state index contributed by atoms with van der Waals surface area (Å²) in [7, 11) is 1.83. The first kappa shape index (κ1) is 11.7. The summed E-state index contributed by atoms with van der Waals surface area (Å²) in [5.74, 6) is 0.400. The van der Waals surface area contributed by atoms with Crippen LogP contribution in [0.1, 0.15) is 11.3 Å². The Morgan fingerprint density at radius 3 is 2.76 bits per heavy atom. The fourth-order valence-corrected chi connectivity index (χ4v) is 1.78. The van der Waals surface area contributed by atoms with Crippen LogP contribution < -0.4 is 4.90 Å². The van der Waals surface area contributed by atoms with Crippen molar-refractivity contribution in [1.29, 1.82) is 0 Å². The summed E-state index contributed by atoms with van der Waals surface area (Å²) in [6.45, 7) is 0.216. The Morgan fingerprint density at radius 2 is 2.12 bits per heavy atom. The molecule has 1 aromatic heterocycles. The molecule has 0 radical (unpaired) electrons. The molecule has 2 rings (SSSR count). The van der Waals surface area contributed by atoms with E-state index in [1.54, 1.807) is 18.4 Å². The van der Waals surface area contributed by atoms with Crippen molar-refractivity contribution in [2.45, 2.75) is 13.2 Å². The van der Waals surface area contributed by atoms with Crippen LogP contribution in [0, 0.1) is 5.82 Å². The number of halogens is 1. The molecule has 0 aliphatic heterocycles. The van der Waals surface area contributed by atoms with Crippen LogP contribution in [0.3, 0.4) is 0 Å². The lowest BCUT2D eigenvalue weighted by atomic mass is 10.1. The zero-order valence-corrected chi connectivity index (χ0v) is 9.56. The van der Waals surface area contributed by atoms with Crippen LogP contribution in [0.5, 0.6) is 0 Å². The number of furan rings is 1. The van der Waals surface area contributed by atoms with E-state index in [2.05, 4.69) is 0 Å². The Hall–Kier alpha value is -1.81. The van der Waals surface area contributed by atoms with Gasteiger partial charge >= 0.3 is 0 Å². The third kappa shape index (κ3) is 2.47. The quantitative estimate of drug-likeness (QED) is 0.884. The van der Waals surface area contributed by atoms with Crippen LogP contribution in [0.4, 0.5) is 10.1 Å². The first-order chi connectivity index (χ1) is 8.22. The topological polar surface area (TPSA) is 36.6 Å². The summed E-state index contributed by atoms with van der Waals surface area (Å²) in [5.41, 5.74) is 0.977. The van der Waals surface area contributed by atoms with Gasteiger partial charge in [0.25, 0.3) is 0 Å². The minimum Gasteiger partial charge on any atom is -0.467 e. The lowest BCUT2D eigenvalue weighted by Crippen LogP contribution is -2.18. The standard InChI is InChI=1S/C13H14FNO2/c1-15(8-10-4-3-7-17-10)13-6-2-5-12(14)11(13)9-16/h2-7,16H,8-9H2,1H3. The Labute approximate surface area is 99.1 Å². The summed E-state index contributed by atoms with van der Waals surface area (Å²) in [5, 5.41) is 9.18. The lowest BCUT2D eigenvalue weighted by molar-refractivity contribution is 0.276. The highest BCUT2D eigenvalue weighted by atomic mass is 19.1. The van der Waals surface area contributed by atoms with Crippen molar-refractivity contribution in [1.82, 2.24) is 0 Å². The molecule has 0 spiro atoms. The number of aliphatic hydroxyl groups excluding tert-OH is 1. The minimum absolute atomic E-state index is 0.307. The molecule has 3 nitrogen and oxygen atoms in total. The highest BCUT2D eigenvalue weighted by Crippen LogP contribution is 2.23. The summed E-state index contributed by atoms with van der Waals surface area (Å²) < 4.78 is 18.7. The molecule has 4 heteroatoms. The molecule has 1 heterocycles. The molecule has 0 fully saturated rings. The van der Waals surface area contributed by atoms with Crippen LogP contribution in [0.25, 0.3) is 0 Å². The first-order valence-corrected chi connectivity index (χ1v) is 5.34. The van der Waals surface area contributed by atoms with E-state index in [-0.39, 0.29) is 6.61 Å². The molecular formula is C13H14FNO2. The van der Waals surface area contributed by atoms with Crippen LogP contribution in [-0.4, -0.2) is 12.2 Å². The number of anilines is 1. The second-order valence-electron chi connectivity index (χ2n) is 3.83. The fraction of sp³-hybridized carbons (Fsp3) is 0.231. The van der Waals surface area contributed by atoms with Crippen LogP contribution in [0.15, 0.2) is 41.0 Å². The van der Waals surface area contributed by atoms with Gasteiger partial charge in [0.2, 0.25) is 0 Å². The highest BCUT2D eigenvalue weighted by Gasteiger charge is 2.12. The van der Waals surface area contributed by atoms with Gasteiger partial charge in [-0.15, -0.1) is 0 Å². The van der Waals surface area contributed by atoms with Crippen molar-refractivity contribution < 1.29 is 13.9 Å². The van der Waals surface area contributed by atoms with Gasteiger partial charge in [0, 0.05) is 18.3 Å². The molecule has 0 aliphatic rings. The van der Waals surface area contributed by atoms with Gasteiger partial charge in [-0.2, -0.15) is 0 Å². The predicted molar refractivity (Wildman–Crippen MR) is 63.1 cm³/mol. The molecule has 17 heavy (non-hydrogen) atoms. The Kier molecular flexibility index (Phi) is 3.44. The molecule has 1 aromatic carbocycles. The van der Waals surface area contributed by atoms with E-state index in [1.807, 2.05) is 24.1 Å². The summed E-state index contributed by atoms with van der Waals surface area (Å²) >= 11 is 0. The molecule has 0 bridgehead atoms. The van der Waals surface area contributed by atoms with Gasteiger partial charge in [-0.25, -0.2) is 4.39 Å². The van der Waals surface area contributed by atoms with Crippen LogP contribution in [-0.2, 0) is 13.2 Å². The van der Waals surface area contributed by atoms with E-state index in [0.717, 1.165) is 5.76 Å². The van der Waals surface area contributed by atoms with Crippen molar-refractivity contribution >= 4 is 5.69 Å². The molecule has 1 N–H and O–H groups in total. The monoisotopic (exact) mass is 235 g/mol. The fourth-order valence-electron chi connectivity index (χ4n) is 1.78. The van der Waals surface area contributed by atoms with Gasteiger partial charge in [-0.05, 0) is 24.3 Å². The van der Waals surface area contributed by atoms with E-state index in [0.29, 0.717) is 17.8 Å². The van der Waals surface area contributed by atoms with E-state index < -0.39 is 5.82 Å². The van der Waals surface area contributed by atoms with Crippen molar-refractivity contribution in [2.75, 3.05) is 11.9 Å². The molecule has 0 atom stereocenters. The smallest absolute Gasteiger partial charge is 0.130 e. The molecule has 0 saturated heterocycles. The largest absolute Gasteiger partial charge is 0.467 e. The van der Waals surface area contributed by atoms with Gasteiger partial charge in [0.15, 0.2) is 0 Å². The molecule has 0 unspecified atom stereocenters.